The summed E-state index contributed by atoms with van der Waals surface area (Å²) < 4.78 is 60.4. The molecule has 1 atom stereocenters. The van der Waals surface area contributed by atoms with Crippen molar-refractivity contribution in [2.45, 2.75) is 36.8 Å². The van der Waals surface area contributed by atoms with Crippen LogP contribution in [0.15, 0.2) is 42.7 Å². The number of halogens is 4. The Bertz CT molecular complexity index is 1530. The summed E-state index contributed by atoms with van der Waals surface area (Å²) in [5.74, 6) is -5.89. The van der Waals surface area contributed by atoms with Gasteiger partial charge in [-0.1, -0.05) is 12.1 Å². The number of carbonyl (C=O) groups is 2. The van der Waals surface area contributed by atoms with Gasteiger partial charge in [0.2, 0.25) is 0 Å². The van der Waals surface area contributed by atoms with E-state index < -0.39 is 46.7 Å². The molecule has 2 aromatic heterocycles. The van der Waals surface area contributed by atoms with Gasteiger partial charge in [0.15, 0.2) is 34.9 Å². The van der Waals surface area contributed by atoms with Crippen LogP contribution in [0.5, 0.6) is 0 Å². The first kappa shape index (κ1) is 25.2. The quantitative estimate of drug-likeness (QED) is 0.482. The van der Waals surface area contributed by atoms with E-state index in [0.717, 1.165) is 23.2 Å². The highest BCUT2D eigenvalue weighted by atomic mass is 19.2. The van der Waals surface area contributed by atoms with Crippen LogP contribution in [0.4, 0.5) is 29.2 Å². The Labute approximate surface area is 220 Å². The molecular formula is C27H23F4N5O3. The van der Waals surface area contributed by atoms with Gasteiger partial charge in [-0.2, -0.15) is 0 Å². The van der Waals surface area contributed by atoms with E-state index in [4.69, 9.17) is 0 Å². The number of hydrogen-bond donors (Lipinski definition) is 2. The third-order valence-corrected chi connectivity index (χ3v) is 7.69. The summed E-state index contributed by atoms with van der Waals surface area (Å²) >= 11 is 0. The molecule has 2 amide bonds. The van der Waals surface area contributed by atoms with Crippen molar-refractivity contribution < 1.29 is 32.3 Å². The van der Waals surface area contributed by atoms with E-state index in [9.17, 15) is 23.5 Å². The highest BCUT2D eigenvalue weighted by Gasteiger charge is 2.52. The zero-order chi connectivity index (χ0) is 27.7. The number of fused-ring (bicyclic) bond motifs is 1. The van der Waals surface area contributed by atoms with Crippen LogP contribution < -0.4 is 10.2 Å². The van der Waals surface area contributed by atoms with Gasteiger partial charge in [0, 0.05) is 48.6 Å². The van der Waals surface area contributed by atoms with Crippen LogP contribution in [0.1, 0.15) is 41.3 Å². The molecule has 0 bridgehead atoms. The molecule has 2 aliphatic heterocycles. The van der Waals surface area contributed by atoms with Gasteiger partial charge in [-0.15, -0.1) is 0 Å². The molecule has 6 rings (SSSR count). The second-order valence-electron chi connectivity index (χ2n) is 10.4. The first-order valence-corrected chi connectivity index (χ1v) is 12.4. The zero-order valence-electron chi connectivity index (χ0n) is 20.7. The van der Waals surface area contributed by atoms with E-state index in [1.165, 1.54) is 36.2 Å². The minimum absolute atomic E-state index is 0.209. The number of aliphatic hydroxyl groups is 1. The predicted octanol–water partition coefficient (Wildman–Crippen LogP) is 3.15. The first-order chi connectivity index (χ1) is 18.5. The maximum absolute atomic E-state index is 16.2. The Hall–Kier alpha value is -4.06. The Kier molecular flexibility index (Phi) is 5.65. The average molecular weight is 542 g/mol. The number of benzene rings is 1. The molecule has 1 aliphatic carbocycles. The van der Waals surface area contributed by atoms with Gasteiger partial charge in [0.05, 0.1) is 11.6 Å². The van der Waals surface area contributed by atoms with Crippen LogP contribution in [0, 0.1) is 23.3 Å². The summed E-state index contributed by atoms with van der Waals surface area (Å²) in [6.45, 7) is 1.43. The van der Waals surface area contributed by atoms with Crippen LogP contribution in [0.2, 0.25) is 0 Å². The second kappa shape index (κ2) is 8.73. The Balaban J connectivity index is 1.40. The largest absolute Gasteiger partial charge is 0.380 e. The van der Waals surface area contributed by atoms with Crippen LogP contribution in [0.3, 0.4) is 0 Å². The van der Waals surface area contributed by atoms with Gasteiger partial charge in [0.1, 0.15) is 5.60 Å². The van der Waals surface area contributed by atoms with Gasteiger partial charge >= 0.3 is 0 Å². The van der Waals surface area contributed by atoms with Crippen LogP contribution in [0.25, 0.3) is 0 Å². The smallest absolute Gasteiger partial charge is 0.261 e. The lowest BCUT2D eigenvalue weighted by atomic mass is 9.71. The Morgan fingerprint density at radius 2 is 1.77 bits per heavy atom. The predicted molar refractivity (Wildman–Crippen MR) is 131 cm³/mol. The first-order valence-electron chi connectivity index (χ1n) is 12.4. The number of nitrogens with one attached hydrogen (secondary N) is 1. The van der Waals surface area contributed by atoms with Gasteiger partial charge < -0.3 is 15.3 Å². The van der Waals surface area contributed by atoms with Crippen molar-refractivity contribution in [2.75, 3.05) is 29.9 Å². The van der Waals surface area contributed by atoms with Crippen LogP contribution >= 0.6 is 0 Å². The van der Waals surface area contributed by atoms with Gasteiger partial charge in [0.25, 0.3) is 11.8 Å². The van der Waals surface area contributed by atoms with E-state index in [2.05, 4.69) is 15.3 Å². The highest BCUT2D eigenvalue weighted by molar-refractivity contribution is 6.08. The van der Waals surface area contributed by atoms with Crippen molar-refractivity contribution in [3.63, 3.8) is 0 Å². The molecule has 0 radical (unpaired) electrons. The van der Waals surface area contributed by atoms with Crippen LogP contribution in [-0.4, -0.2) is 63.1 Å². The molecule has 1 aromatic carbocycles. The average Bonchev–Trinajstić information content (AvgIpc) is 3.64. The molecule has 1 saturated carbocycles. The summed E-state index contributed by atoms with van der Waals surface area (Å²) in [5, 5.41) is 12.9. The van der Waals surface area contributed by atoms with Gasteiger partial charge in [-0.05, 0) is 38.0 Å². The standard InChI is InChI=1S/C27H23F4N5O3/c1-26(16-4-2-5-17(28)20(16)30)13-36(23-18(29)6-3-9-32-23)24(37)15-10-33-22(21(31)19(15)26)34-14-11-35(12-14)25(38)27(39)7-8-27/h2-6,9-10,14,39H,7-8,11-13H2,1H3,(H,33,34)/t26-/m0/s1. The molecule has 4 heterocycles. The molecule has 3 aliphatic rings. The number of rotatable bonds is 5. The minimum atomic E-state index is -1.67. The van der Waals surface area contributed by atoms with Crippen LogP contribution in [-0.2, 0) is 10.2 Å². The molecule has 3 aromatic rings. The van der Waals surface area contributed by atoms with E-state index in [0.29, 0.717) is 12.8 Å². The lowest BCUT2D eigenvalue weighted by Crippen LogP contribution is -2.60. The molecule has 2 fully saturated rings. The lowest BCUT2D eigenvalue weighted by Gasteiger charge is -2.43. The number of amides is 2. The molecule has 202 valence electrons. The summed E-state index contributed by atoms with van der Waals surface area (Å²) in [5.41, 5.74) is -3.67. The van der Waals surface area contributed by atoms with Crippen molar-refractivity contribution >= 4 is 23.5 Å². The Morgan fingerprint density at radius 1 is 1.05 bits per heavy atom. The fourth-order valence-electron chi connectivity index (χ4n) is 5.35. The van der Waals surface area contributed by atoms with Gasteiger partial charge in [-0.25, -0.2) is 27.5 Å². The second-order valence-corrected chi connectivity index (χ2v) is 10.4. The number of aromatic nitrogens is 2. The maximum atomic E-state index is 16.2. The summed E-state index contributed by atoms with van der Waals surface area (Å²) in [4.78, 5) is 36.2. The highest BCUT2D eigenvalue weighted by Crippen LogP contribution is 2.44. The molecular weight excluding hydrogens is 518 g/mol. The monoisotopic (exact) mass is 541 g/mol. The van der Waals surface area contributed by atoms with Crippen molar-refractivity contribution in [2.24, 2.45) is 0 Å². The lowest BCUT2D eigenvalue weighted by molar-refractivity contribution is -0.146. The van der Waals surface area contributed by atoms with E-state index in [1.807, 2.05) is 0 Å². The minimum Gasteiger partial charge on any atom is -0.380 e. The third-order valence-electron chi connectivity index (χ3n) is 7.69. The number of carbonyl (C=O) groups excluding carboxylic acids is 2. The third kappa shape index (κ3) is 3.92. The number of anilines is 2. The molecule has 0 unspecified atom stereocenters. The normalized spacial score (nSPS) is 21.8. The summed E-state index contributed by atoms with van der Waals surface area (Å²) in [6, 6.07) is 5.54. The SMILES string of the molecule is C[C@@]1(c2cccc(F)c2F)CN(c2ncccc2F)C(=O)c2cnc(NC3CN(C(=O)C4(O)CC4)C3)c(F)c21. The topological polar surface area (TPSA) is 98.7 Å². The van der Waals surface area contributed by atoms with E-state index >= 15 is 8.78 Å². The summed E-state index contributed by atoms with van der Waals surface area (Å²) in [7, 11) is 0. The van der Waals surface area contributed by atoms with Gasteiger partial charge in [-0.3, -0.25) is 14.5 Å². The molecule has 8 nitrogen and oxygen atoms in total. The Morgan fingerprint density at radius 3 is 2.46 bits per heavy atom. The van der Waals surface area contributed by atoms with Crippen molar-refractivity contribution in [3.05, 3.63) is 82.7 Å². The molecule has 2 N–H and O–H groups in total. The number of hydrogen-bond acceptors (Lipinski definition) is 6. The van der Waals surface area contributed by atoms with Crippen molar-refractivity contribution in [1.82, 2.24) is 14.9 Å². The van der Waals surface area contributed by atoms with E-state index in [1.54, 1.807) is 0 Å². The van der Waals surface area contributed by atoms with Crippen molar-refractivity contribution in [1.29, 1.82) is 0 Å². The molecule has 0 spiro atoms. The fraction of sp³-hybridized carbons (Fsp3) is 0.333. The molecule has 1 saturated heterocycles. The van der Waals surface area contributed by atoms with Crippen molar-refractivity contribution in [3.8, 4) is 0 Å². The molecule has 12 heteroatoms. The fourth-order valence-corrected chi connectivity index (χ4v) is 5.35. The number of pyridine rings is 2. The summed E-state index contributed by atoms with van der Waals surface area (Å²) in [6.07, 6.45) is 3.20. The number of nitrogens with zero attached hydrogens (tertiary/aromatic N) is 4. The zero-order valence-corrected chi connectivity index (χ0v) is 20.7. The van der Waals surface area contributed by atoms with E-state index in [-0.39, 0.29) is 53.4 Å². The molecule has 39 heavy (non-hydrogen) atoms. The maximum Gasteiger partial charge on any atom is 0.261 e. The number of likely N-dealkylation sites (tertiary alicyclic amines) is 1.